The maximum Gasteiger partial charge on any atom is 0.0944 e. The molecule has 0 heterocycles. The normalized spacial score (nSPS) is 18.9. The minimum Gasteiger partial charge on any atom is -0.329 e. The van der Waals surface area contributed by atoms with Crippen LogP contribution >= 0.6 is 0 Å². The second-order valence-corrected chi connectivity index (χ2v) is 10.2. The Morgan fingerprint density at radius 2 is 2.00 bits per heavy atom. The van der Waals surface area contributed by atoms with E-state index in [4.69, 9.17) is 0 Å². The average molecular weight is 175 g/mol. The first-order valence-electron chi connectivity index (χ1n) is 4.28. The molecule has 0 aliphatic heterocycles. The summed E-state index contributed by atoms with van der Waals surface area (Å²) in [6.45, 7) is 6.99. The molecule has 1 nitrogen and oxygen atoms in total. The topological polar surface area (TPSA) is 3.24 Å². The molecule has 0 aromatic heterocycles. The van der Waals surface area contributed by atoms with Gasteiger partial charge in [-0.25, -0.2) is 0 Å². The fourth-order valence-corrected chi connectivity index (χ4v) is 4.57. The summed E-state index contributed by atoms with van der Waals surface area (Å²) < 4.78 is 2.59. The van der Waals surface area contributed by atoms with E-state index in [-0.39, 0.29) is 9.68 Å². The Morgan fingerprint density at radius 1 is 1.50 bits per heavy atom. The molecule has 0 rings (SSSR count). The molecule has 0 radical (unpaired) electrons. The lowest BCUT2D eigenvalue weighted by Gasteiger charge is -2.24. The summed E-state index contributed by atoms with van der Waals surface area (Å²) in [5.74, 6) is 0. The Balaban J connectivity index is 3.50. The third kappa shape index (κ3) is 4.25. The van der Waals surface area contributed by atoms with E-state index >= 15 is 0 Å². The monoisotopic (exact) mass is 175 g/mol. The zero-order valence-corrected chi connectivity index (χ0v) is 11.4. The quantitative estimate of drug-likeness (QED) is 0.541. The molecule has 10 heavy (non-hydrogen) atoms. The zero-order valence-electron chi connectivity index (χ0n) is 8.02. The van der Waals surface area contributed by atoms with E-state index in [9.17, 15) is 0 Å². The molecule has 0 spiro atoms. The first-order valence-corrected chi connectivity index (χ1v) is 6.88. The first kappa shape index (κ1) is 10.4. The van der Waals surface area contributed by atoms with Crippen molar-refractivity contribution in [2.24, 2.45) is 0 Å². The Hall–Kier alpha value is 0.394. The summed E-state index contributed by atoms with van der Waals surface area (Å²) in [5, 5.41) is 1.07. The first-order chi connectivity index (χ1) is 4.57. The van der Waals surface area contributed by atoms with E-state index in [1.807, 2.05) is 0 Å². The van der Waals surface area contributed by atoms with Gasteiger partial charge in [-0.2, -0.15) is 0 Å². The van der Waals surface area contributed by atoms with Crippen LogP contribution in [0, 0.1) is 0 Å². The molecule has 62 valence electrons. The summed E-state index contributed by atoms with van der Waals surface area (Å²) in [5.41, 5.74) is 0. The van der Waals surface area contributed by atoms with Gasteiger partial charge in [0.15, 0.2) is 0 Å². The van der Waals surface area contributed by atoms with E-state index in [0.29, 0.717) is 0 Å². The molecule has 0 N–H and O–H groups in total. The molecule has 0 fully saturated rings. The Labute approximate surface area is 70.5 Å². The Morgan fingerprint density at radius 3 is 2.30 bits per heavy atom. The van der Waals surface area contributed by atoms with Crippen LogP contribution in [-0.4, -0.2) is 37.6 Å². The number of nitrogens with zero attached hydrogens (tertiary/aromatic N) is 1. The van der Waals surface area contributed by atoms with Gasteiger partial charge in [-0.15, -0.1) is 0 Å². The van der Waals surface area contributed by atoms with Gasteiger partial charge in [-0.1, -0.05) is 25.9 Å². The molecule has 0 aromatic carbocycles. The van der Waals surface area contributed by atoms with Crippen molar-refractivity contribution in [1.82, 2.24) is 4.57 Å². The third-order valence-corrected chi connectivity index (χ3v) is 5.02. The van der Waals surface area contributed by atoms with Crippen molar-refractivity contribution in [3.8, 4) is 0 Å². The largest absolute Gasteiger partial charge is 0.329 e. The summed E-state index contributed by atoms with van der Waals surface area (Å²) in [7, 11) is 3.78. The van der Waals surface area contributed by atoms with Gasteiger partial charge >= 0.3 is 0 Å². The van der Waals surface area contributed by atoms with Crippen LogP contribution in [0.25, 0.3) is 0 Å². The fraction of sp³-hybridized carbons (Fsp3) is 1.00. The van der Waals surface area contributed by atoms with Crippen molar-refractivity contribution in [3.05, 3.63) is 0 Å². The molecule has 0 aliphatic carbocycles. The minimum absolute atomic E-state index is 0.107. The van der Waals surface area contributed by atoms with Gasteiger partial charge in [0.05, 0.1) is 9.68 Å². The van der Waals surface area contributed by atoms with E-state index in [1.165, 1.54) is 16.7 Å². The molecular weight excluding hydrogens is 154 g/mol. The predicted octanol–water partition coefficient (Wildman–Crippen LogP) is -0.0682. The molecule has 2 unspecified atom stereocenters. The highest BCUT2D eigenvalue weighted by atomic mass is 28.3. The standard InChI is InChI=1S/C7H21NSi2/c1-5-6(2)8(4)10-7(3)9/h6-7H,5,10H2,1-4,9H3. The minimum atomic E-state index is 0.107. The van der Waals surface area contributed by atoms with Gasteiger partial charge in [0.2, 0.25) is 0 Å². The van der Waals surface area contributed by atoms with Gasteiger partial charge in [0, 0.05) is 10.2 Å². The lowest BCUT2D eigenvalue weighted by Crippen LogP contribution is -2.33. The lowest BCUT2D eigenvalue weighted by molar-refractivity contribution is 0.400. The van der Waals surface area contributed by atoms with Crippen LogP contribution in [0.2, 0.25) is 5.16 Å². The van der Waals surface area contributed by atoms with Crippen LogP contribution in [0.4, 0.5) is 0 Å². The van der Waals surface area contributed by atoms with Gasteiger partial charge < -0.3 is 4.57 Å². The average Bonchev–Trinajstić information content (AvgIpc) is 1.85. The molecule has 0 saturated heterocycles. The number of hydrogen-bond acceptors (Lipinski definition) is 1. The van der Waals surface area contributed by atoms with Crippen molar-refractivity contribution < 1.29 is 0 Å². The summed E-state index contributed by atoms with van der Waals surface area (Å²) in [6.07, 6.45) is 1.30. The highest BCUT2D eigenvalue weighted by Gasteiger charge is 2.07. The summed E-state index contributed by atoms with van der Waals surface area (Å²) in [6, 6.07) is 0.822. The molecular formula is C7H21NSi2. The van der Waals surface area contributed by atoms with Crippen molar-refractivity contribution in [2.45, 2.75) is 38.4 Å². The molecule has 0 aliphatic rings. The van der Waals surface area contributed by atoms with E-state index < -0.39 is 0 Å². The maximum atomic E-state index is 2.59. The third-order valence-electron chi connectivity index (χ3n) is 2.00. The van der Waals surface area contributed by atoms with Gasteiger partial charge in [-0.05, 0) is 19.5 Å². The summed E-state index contributed by atoms with van der Waals surface area (Å²) >= 11 is 0. The molecule has 0 amide bonds. The van der Waals surface area contributed by atoms with Crippen LogP contribution < -0.4 is 0 Å². The van der Waals surface area contributed by atoms with E-state index in [1.54, 1.807) is 0 Å². The van der Waals surface area contributed by atoms with Crippen LogP contribution in [0.5, 0.6) is 0 Å². The van der Waals surface area contributed by atoms with Crippen LogP contribution in [0.3, 0.4) is 0 Å². The molecule has 0 bridgehead atoms. The number of hydrogen-bond donors (Lipinski definition) is 0. The molecule has 3 heteroatoms. The Bertz CT molecular complexity index is 85.7. The van der Waals surface area contributed by atoms with Gasteiger partial charge in [-0.3, -0.25) is 0 Å². The highest BCUT2D eigenvalue weighted by molar-refractivity contribution is 6.47. The van der Waals surface area contributed by atoms with Crippen molar-refractivity contribution in [1.29, 1.82) is 0 Å². The van der Waals surface area contributed by atoms with Crippen LogP contribution in [0.15, 0.2) is 0 Å². The molecule has 2 atom stereocenters. The highest BCUT2D eigenvalue weighted by Crippen LogP contribution is 2.02. The lowest BCUT2D eigenvalue weighted by atomic mass is 10.3. The number of rotatable bonds is 4. The van der Waals surface area contributed by atoms with Gasteiger partial charge in [0.1, 0.15) is 0 Å². The van der Waals surface area contributed by atoms with Crippen molar-refractivity contribution >= 4 is 19.9 Å². The Kier molecular flexibility index (Phi) is 5.30. The van der Waals surface area contributed by atoms with Crippen molar-refractivity contribution in [2.75, 3.05) is 7.05 Å². The zero-order chi connectivity index (χ0) is 8.15. The second kappa shape index (κ2) is 5.10. The van der Waals surface area contributed by atoms with E-state index in [2.05, 4.69) is 32.4 Å². The van der Waals surface area contributed by atoms with Crippen LogP contribution in [0.1, 0.15) is 27.2 Å². The van der Waals surface area contributed by atoms with Crippen LogP contribution in [-0.2, 0) is 0 Å². The fourth-order valence-electron chi connectivity index (χ4n) is 1.07. The molecule has 0 aromatic rings. The predicted molar refractivity (Wildman–Crippen MR) is 55.4 cm³/mol. The smallest absolute Gasteiger partial charge is 0.0944 e. The van der Waals surface area contributed by atoms with E-state index in [0.717, 1.165) is 11.2 Å². The second-order valence-electron chi connectivity index (χ2n) is 3.59. The maximum absolute atomic E-state index is 2.59. The van der Waals surface area contributed by atoms with Crippen molar-refractivity contribution in [3.63, 3.8) is 0 Å². The van der Waals surface area contributed by atoms with Gasteiger partial charge in [0.25, 0.3) is 0 Å². The SMILES string of the molecule is CCC(C)N(C)[SiH2]C(C)[SiH3]. The summed E-state index contributed by atoms with van der Waals surface area (Å²) in [4.78, 5) is 0. The molecule has 0 saturated carbocycles.